The van der Waals surface area contributed by atoms with E-state index < -0.39 is 11.5 Å². The average Bonchev–Trinajstić information content (AvgIpc) is 2.31. The summed E-state index contributed by atoms with van der Waals surface area (Å²) in [6.45, 7) is 3.87. The van der Waals surface area contributed by atoms with Crippen LogP contribution in [0.2, 0.25) is 0 Å². The summed E-state index contributed by atoms with van der Waals surface area (Å²) in [5.41, 5.74) is 4.59. The van der Waals surface area contributed by atoms with Crippen LogP contribution in [-0.4, -0.2) is 58.8 Å². The summed E-state index contributed by atoms with van der Waals surface area (Å²) in [5, 5.41) is 0. The molecule has 1 atom stereocenters. The van der Waals surface area contributed by atoms with Gasteiger partial charge >= 0.3 is 5.97 Å². The number of rotatable bonds is 10. The van der Waals surface area contributed by atoms with Crippen molar-refractivity contribution in [3.63, 3.8) is 0 Å². The Labute approximate surface area is 102 Å². The van der Waals surface area contributed by atoms with E-state index in [1.165, 1.54) is 7.11 Å². The summed E-state index contributed by atoms with van der Waals surface area (Å²) >= 11 is 0. The first-order valence-electron chi connectivity index (χ1n) is 5.56. The molecule has 0 bridgehead atoms. The molecule has 0 amide bonds. The molecule has 0 rings (SSSR count). The second-order valence-corrected chi connectivity index (χ2v) is 3.92. The van der Waals surface area contributed by atoms with E-state index in [9.17, 15) is 4.79 Å². The van der Waals surface area contributed by atoms with E-state index in [0.717, 1.165) is 6.42 Å². The topological polar surface area (TPSA) is 80.0 Å². The van der Waals surface area contributed by atoms with Gasteiger partial charge in [0, 0.05) is 20.3 Å². The Morgan fingerprint density at radius 3 is 2.35 bits per heavy atom. The third-order valence-electron chi connectivity index (χ3n) is 2.06. The van der Waals surface area contributed by atoms with Gasteiger partial charge in [0.25, 0.3) is 0 Å². The predicted octanol–water partition coefficient (Wildman–Crippen LogP) is -0.0535. The van der Waals surface area contributed by atoms with Crippen LogP contribution in [0.5, 0.6) is 0 Å². The molecular formula is C11H23NO5. The minimum Gasteiger partial charge on any atom is -0.468 e. The Morgan fingerprint density at radius 2 is 1.76 bits per heavy atom. The van der Waals surface area contributed by atoms with Gasteiger partial charge < -0.3 is 24.7 Å². The second kappa shape index (κ2) is 9.35. The molecule has 0 aliphatic rings. The van der Waals surface area contributed by atoms with Crippen molar-refractivity contribution in [3.8, 4) is 0 Å². The van der Waals surface area contributed by atoms with Crippen LogP contribution in [0.25, 0.3) is 0 Å². The van der Waals surface area contributed by atoms with Crippen molar-refractivity contribution in [2.24, 2.45) is 5.73 Å². The van der Waals surface area contributed by atoms with Gasteiger partial charge in [-0.3, -0.25) is 0 Å². The molecule has 0 fully saturated rings. The molecule has 6 heteroatoms. The van der Waals surface area contributed by atoms with Crippen LogP contribution in [0.15, 0.2) is 0 Å². The van der Waals surface area contributed by atoms with Crippen LogP contribution >= 0.6 is 0 Å². The maximum atomic E-state index is 11.2. The fourth-order valence-electron chi connectivity index (χ4n) is 1.10. The number of nitrogens with two attached hydrogens (primary N) is 1. The van der Waals surface area contributed by atoms with Crippen LogP contribution in [0.1, 0.15) is 13.3 Å². The maximum Gasteiger partial charge on any atom is 0.327 e. The zero-order valence-corrected chi connectivity index (χ0v) is 10.9. The highest BCUT2D eigenvalue weighted by atomic mass is 16.5. The van der Waals surface area contributed by atoms with Gasteiger partial charge in [-0.25, -0.2) is 4.79 Å². The highest BCUT2D eigenvalue weighted by Gasteiger charge is 2.29. The molecule has 0 aliphatic heterocycles. The maximum absolute atomic E-state index is 11.2. The summed E-state index contributed by atoms with van der Waals surface area (Å²) in [5.74, 6) is -0.487. The monoisotopic (exact) mass is 249 g/mol. The van der Waals surface area contributed by atoms with Crippen molar-refractivity contribution in [2.75, 3.05) is 47.3 Å². The molecule has 6 nitrogen and oxygen atoms in total. The number of esters is 1. The summed E-state index contributed by atoms with van der Waals surface area (Å²) in [7, 11) is 2.95. The Bertz CT molecular complexity index is 208. The molecule has 17 heavy (non-hydrogen) atoms. The quantitative estimate of drug-likeness (QED) is 0.432. The zero-order valence-electron chi connectivity index (χ0n) is 10.9. The minimum atomic E-state index is -1.11. The highest BCUT2D eigenvalue weighted by Crippen LogP contribution is 2.02. The van der Waals surface area contributed by atoms with Crippen molar-refractivity contribution >= 4 is 5.97 Å². The summed E-state index contributed by atoms with van der Waals surface area (Å²) in [4.78, 5) is 11.2. The fourth-order valence-corrected chi connectivity index (χ4v) is 1.10. The first kappa shape index (κ1) is 16.3. The molecule has 0 aliphatic carbocycles. The normalized spacial score (nSPS) is 14.4. The predicted molar refractivity (Wildman–Crippen MR) is 62.7 cm³/mol. The molecule has 0 aromatic rings. The van der Waals surface area contributed by atoms with Crippen molar-refractivity contribution in [3.05, 3.63) is 0 Å². The van der Waals surface area contributed by atoms with Crippen LogP contribution in [0, 0.1) is 0 Å². The van der Waals surface area contributed by atoms with Gasteiger partial charge in [0.05, 0.1) is 26.9 Å². The second-order valence-electron chi connectivity index (χ2n) is 3.92. The van der Waals surface area contributed by atoms with E-state index in [-0.39, 0.29) is 6.61 Å². The van der Waals surface area contributed by atoms with E-state index in [2.05, 4.69) is 4.74 Å². The number of hydrogen-bond acceptors (Lipinski definition) is 6. The Kier molecular flexibility index (Phi) is 8.97. The zero-order chi connectivity index (χ0) is 13.1. The van der Waals surface area contributed by atoms with Crippen molar-refractivity contribution in [1.29, 1.82) is 0 Å². The van der Waals surface area contributed by atoms with E-state index in [1.807, 2.05) is 0 Å². The molecule has 0 radical (unpaired) electrons. The third kappa shape index (κ3) is 8.09. The lowest BCUT2D eigenvalue weighted by atomic mass is 10.1. The molecule has 1 unspecified atom stereocenters. The third-order valence-corrected chi connectivity index (χ3v) is 2.06. The summed E-state index contributed by atoms with van der Waals surface area (Å²) < 4.78 is 19.9. The molecule has 0 heterocycles. The van der Waals surface area contributed by atoms with Crippen LogP contribution in [-0.2, 0) is 23.7 Å². The molecule has 0 spiro atoms. The number of ether oxygens (including phenoxy) is 4. The molecule has 0 aromatic heterocycles. The first-order chi connectivity index (χ1) is 8.04. The van der Waals surface area contributed by atoms with Crippen LogP contribution < -0.4 is 5.73 Å². The van der Waals surface area contributed by atoms with Gasteiger partial charge in [0.1, 0.15) is 5.54 Å². The first-order valence-corrected chi connectivity index (χ1v) is 5.56. The highest BCUT2D eigenvalue weighted by molar-refractivity contribution is 5.80. The smallest absolute Gasteiger partial charge is 0.327 e. The van der Waals surface area contributed by atoms with Gasteiger partial charge in [-0.15, -0.1) is 0 Å². The lowest BCUT2D eigenvalue weighted by molar-refractivity contribution is -0.149. The van der Waals surface area contributed by atoms with E-state index in [0.29, 0.717) is 26.4 Å². The van der Waals surface area contributed by atoms with Gasteiger partial charge in [-0.1, -0.05) is 0 Å². The van der Waals surface area contributed by atoms with E-state index >= 15 is 0 Å². The van der Waals surface area contributed by atoms with Crippen LogP contribution in [0.3, 0.4) is 0 Å². The SMILES string of the molecule is COCCCOCCOCC(C)(N)C(=O)OC. The number of carbonyl (C=O) groups is 1. The van der Waals surface area contributed by atoms with Crippen molar-refractivity contribution in [1.82, 2.24) is 0 Å². The summed E-state index contributed by atoms with van der Waals surface area (Å²) in [6, 6.07) is 0. The van der Waals surface area contributed by atoms with Gasteiger partial charge in [0.15, 0.2) is 0 Å². The lowest BCUT2D eigenvalue weighted by Gasteiger charge is -2.21. The lowest BCUT2D eigenvalue weighted by Crippen LogP contribution is -2.50. The van der Waals surface area contributed by atoms with Gasteiger partial charge in [-0.05, 0) is 13.3 Å². The number of hydrogen-bond donors (Lipinski definition) is 1. The van der Waals surface area contributed by atoms with Crippen molar-refractivity contribution in [2.45, 2.75) is 18.9 Å². The largest absolute Gasteiger partial charge is 0.468 e. The fraction of sp³-hybridized carbons (Fsp3) is 0.909. The van der Waals surface area contributed by atoms with Gasteiger partial charge in [0.2, 0.25) is 0 Å². The van der Waals surface area contributed by atoms with Crippen LogP contribution in [0.4, 0.5) is 0 Å². The summed E-state index contributed by atoms with van der Waals surface area (Å²) in [6.07, 6.45) is 0.854. The van der Waals surface area contributed by atoms with Gasteiger partial charge in [-0.2, -0.15) is 0 Å². The standard InChI is InChI=1S/C11H23NO5/c1-11(12,10(13)15-3)9-17-8-7-16-6-4-5-14-2/h4-9,12H2,1-3H3. The number of carbonyl (C=O) groups excluding carboxylic acids is 1. The number of methoxy groups -OCH3 is 2. The van der Waals surface area contributed by atoms with Crippen molar-refractivity contribution < 1.29 is 23.7 Å². The van der Waals surface area contributed by atoms with E-state index in [4.69, 9.17) is 19.9 Å². The average molecular weight is 249 g/mol. The molecule has 102 valence electrons. The molecule has 0 saturated carbocycles. The molecule has 0 saturated heterocycles. The molecule has 2 N–H and O–H groups in total. The minimum absolute atomic E-state index is 0.112. The Balaban J connectivity index is 3.42. The Morgan fingerprint density at radius 1 is 1.12 bits per heavy atom. The molecular weight excluding hydrogens is 226 g/mol. The Hall–Kier alpha value is -0.690. The molecule has 0 aromatic carbocycles. The van der Waals surface area contributed by atoms with E-state index in [1.54, 1.807) is 14.0 Å².